The maximum Gasteiger partial charge on any atom is 0.152 e. The first-order valence-corrected chi connectivity index (χ1v) is 6.40. The van der Waals surface area contributed by atoms with Gasteiger partial charge in [0, 0.05) is 0 Å². The van der Waals surface area contributed by atoms with Crippen molar-refractivity contribution in [3.8, 4) is 0 Å². The number of hydrogen-bond donors (Lipinski definition) is 0. The van der Waals surface area contributed by atoms with E-state index in [0.29, 0.717) is 5.92 Å². The topological polar surface area (TPSA) is 21.6 Å². The Hall–Kier alpha value is -1.31. The summed E-state index contributed by atoms with van der Waals surface area (Å²) in [6.45, 7) is 8.43. The first kappa shape index (κ1) is 13.8. The van der Waals surface area contributed by atoms with Crippen molar-refractivity contribution in [3.05, 3.63) is 35.9 Å². The van der Waals surface area contributed by atoms with Gasteiger partial charge in [0.15, 0.2) is 6.10 Å². The average Bonchev–Trinajstić information content (AvgIpc) is 2.35. The lowest BCUT2D eigenvalue weighted by Crippen LogP contribution is -2.06. The van der Waals surface area contributed by atoms with Crippen molar-refractivity contribution in [2.75, 3.05) is 0 Å². The van der Waals surface area contributed by atoms with Gasteiger partial charge in [-0.2, -0.15) is 0 Å². The van der Waals surface area contributed by atoms with E-state index < -0.39 is 0 Å². The van der Waals surface area contributed by atoms with Crippen LogP contribution in [0.25, 0.3) is 0 Å². The van der Waals surface area contributed by atoms with Gasteiger partial charge < -0.3 is 4.84 Å². The summed E-state index contributed by atoms with van der Waals surface area (Å²) in [6, 6.07) is 10.3. The third kappa shape index (κ3) is 4.59. The fraction of sp³-hybridized carbons (Fsp3) is 0.533. The van der Waals surface area contributed by atoms with Gasteiger partial charge in [0.05, 0.1) is 5.71 Å². The van der Waals surface area contributed by atoms with Crippen LogP contribution in [0.15, 0.2) is 35.5 Å². The Bertz CT molecular complexity index is 343. The molecular weight excluding hydrogens is 210 g/mol. The summed E-state index contributed by atoms with van der Waals surface area (Å²) >= 11 is 0. The largest absolute Gasteiger partial charge is 0.388 e. The van der Waals surface area contributed by atoms with E-state index in [1.165, 1.54) is 5.56 Å². The molecule has 0 fully saturated rings. The van der Waals surface area contributed by atoms with Crippen LogP contribution in [-0.4, -0.2) is 5.71 Å². The standard InChI is InChI=1S/C15H23NO/c1-5-9-15(14-10-7-6-8-11-14)17-16-13(4)12(2)3/h6-8,10-12,15H,5,9H2,1-4H3/b16-13+/t15-/m1/s1. The van der Waals surface area contributed by atoms with Crippen molar-refractivity contribution < 1.29 is 4.84 Å². The highest BCUT2D eigenvalue weighted by Gasteiger charge is 2.11. The molecule has 1 rings (SSSR count). The highest BCUT2D eigenvalue weighted by atomic mass is 16.6. The summed E-state index contributed by atoms with van der Waals surface area (Å²) in [6.07, 6.45) is 2.17. The van der Waals surface area contributed by atoms with E-state index in [9.17, 15) is 0 Å². The zero-order valence-corrected chi connectivity index (χ0v) is 11.3. The molecule has 17 heavy (non-hydrogen) atoms. The van der Waals surface area contributed by atoms with Crippen LogP contribution < -0.4 is 0 Å². The van der Waals surface area contributed by atoms with Gasteiger partial charge in [0.1, 0.15) is 0 Å². The molecule has 0 saturated carbocycles. The lowest BCUT2D eigenvalue weighted by atomic mass is 10.1. The number of benzene rings is 1. The predicted molar refractivity (Wildman–Crippen MR) is 73.1 cm³/mol. The van der Waals surface area contributed by atoms with Crippen molar-refractivity contribution in [3.63, 3.8) is 0 Å². The third-order valence-corrected chi connectivity index (χ3v) is 2.88. The summed E-state index contributed by atoms with van der Waals surface area (Å²) in [5, 5.41) is 4.24. The quantitative estimate of drug-likeness (QED) is 0.520. The van der Waals surface area contributed by atoms with Crippen LogP contribution in [0.1, 0.15) is 52.2 Å². The molecule has 0 radical (unpaired) electrons. The first-order chi connectivity index (χ1) is 8.15. The molecule has 1 aromatic carbocycles. The summed E-state index contributed by atoms with van der Waals surface area (Å²) in [4.78, 5) is 5.68. The molecule has 1 aromatic rings. The van der Waals surface area contributed by atoms with Crippen LogP contribution in [0, 0.1) is 5.92 Å². The lowest BCUT2D eigenvalue weighted by molar-refractivity contribution is 0.0505. The van der Waals surface area contributed by atoms with Gasteiger partial charge in [-0.25, -0.2) is 0 Å². The minimum Gasteiger partial charge on any atom is -0.388 e. The summed E-state index contributed by atoms with van der Waals surface area (Å²) in [5.74, 6) is 0.438. The highest BCUT2D eigenvalue weighted by molar-refractivity contribution is 5.83. The molecule has 2 heteroatoms. The molecule has 0 aromatic heterocycles. The van der Waals surface area contributed by atoms with Crippen LogP contribution in [0.5, 0.6) is 0 Å². The molecule has 0 spiro atoms. The molecule has 2 nitrogen and oxygen atoms in total. The first-order valence-electron chi connectivity index (χ1n) is 6.40. The fourth-order valence-electron chi connectivity index (χ4n) is 1.46. The maximum absolute atomic E-state index is 5.68. The van der Waals surface area contributed by atoms with Gasteiger partial charge >= 0.3 is 0 Å². The second-order valence-electron chi connectivity index (χ2n) is 4.68. The van der Waals surface area contributed by atoms with E-state index in [1.54, 1.807) is 0 Å². The SMILES string of the molecule is CCC[C@@H](O/N=C(\C)C(C)C)c1ccccc1. The van der Waals surface area contributed by atoms with Gasteiger partial charge in [0.25, 0.3) is 0 Å². The van der Waals surface area contributed by atoms with E-state index in [4.69, 9.17) is 4.84 Å². The van der Waals surface area contributed by atoms with Gasteiger partial charge in [0.2, 0.25) is 0 Å². The monoisotopic (exact) mass is 233 g/mol. The molecule has 0 aliphatic heterocycles. The Balaban J connectivity index is 2.71. The van der Waals surface area contributed by atoms with E-state index in [0.717, 1.165) is 18.6 Å². The normalized spacial score (nSPS) is 13.8. The van der Waals surface area contributed by atoms with Crippen molar-refractivity contribution >= 4 is 5.71 Å². The lowest BCUT2D eigenvalue weighted by Gasteiger charge is -2.15. The van der Waals surface area contributed by atoms with Gasteiger partial charge in [-0.3, -0.25) is 0 Å². The van der Waals surface area contributed by atoms with Gasteiger partial charge in [-0.1, -0.05) is 62.7 Å². The predicted octanol–water partition coefficient (Wildman–Crippen LogP) is 4.58. The van der Waals surface area contributed by atoms with Crippen LogP contribution in [0.3, 0.4) is 0 Å². The molecule has 94 valence electrons. The minimum atomic E-state index is 0.0786. The smallest absolute Gasteiger partial charge is 0.152 e. The summed E-state index contributed by atoms with van der Waals surface area (Å²) < 4.78 is 0. The van der Waals surface area contributed by atoms with Crippen LogP contribution >= 0.6 is 0 Å². The Morgan fingerprint density at radius 3 is 2.41 bits per heavy atom. The molecule has 0 heterocycles. The van der Waals surface area contributed by atoms with Crippen molar-refractivity contribution in [1.82, 2.24) is 0 Å². The number of nitrogens with zero attached hydrogens (tertiary/aromatic N) is 1. The number of oxime groups is 1. The molecule has 1 atom stereocenters. The van der Waals surface area contributed by atoms with E-state index >= 15 is 0 Å². The van der Waals surface area contributed by atoms with Crippen molar-refractivity contribution in [2.24, 2.45) is 11.1 Å². The van der Waals surface area contributed by atoms with Crippen molar-refractivity contribution in [2.45, 2.75) is 46.6 Å². The molecule has 0 aliphatic carbocycles. The number of rotatable bonds is 6. The summed E-state index contributed by atoms with van der Waals surface area (Å²) in [5.41, 5.74) is 2.25. The number of hydrogen-bond acceptors (Lipinski definition) is 2. The van der Waals surface area contributed by atoms with E-state index in [1.807, 2.05) is 25.1 Å². The molecule has 0 amide bonds. The molecule has 0 saturated heterocycles. The molecule has 0 bridgehead atoms. The van der Waals surface area contributed by atoms with Gasteiger partial charge in [-0.15, -0.1) is 0 Å². The summed E-state index contributed by atoms with van der Waals surface area (Å²) in [7, 11) is 0. The molecule has 0 unspecified atom stereocenters. The second-order valence-corrected chi connectivity index (χ2v) is 4.68. The second kappa shape index (κ2) is 7.10. The maximum atomic E-state index is 5.68. The molecular formula is C15H23NO. The molecule has 0 N–H and O–H groups in total. The van der Waals surface area contributed by atoms with Gasteiger partial charge in [-0.05, 0) is 24.8 Å². The highest BCUT2D eigenvalue weighted by Crippen LogP contribution is 2.23. The van der Waals surface area contributed by atoms with E-state index in [-0.39, 0.29) is 6.10 Å². The Morgan fingerprint density at radius 2 is 1.88 bits per heavy atom. The van der Waals surface area contributed by atoms with Crippen molar-refractivity contribution in [1.29, 1.82) is 0 Å². The average molecular weight is 233 g/mol. The zero-order valence-electron chi connectivity index (χ0n) is 11.3. The zero-order chi connectivity index (χ0) is 12.7. The Labute approximate surface area is 105 Å². The van der Waals surface area contributed by atoms with Crippen LogP contribution in [-0.2, 0) is 4.84 Å². The third-order valence-electron chi connectivity index (χ3n) is 2.88. The Kier molecular flexibility index (Phi) is 5.75. The van der Waals surface area contributed by atoms with Crippen LogP contribution in [0.2, 0.25) is 0 Å². The molecule has 0 aliphatic rings. The van der Waals surface area contributed by atoms with E-state index in [2.05, 4.69) is 38.1 Å². The Morgan fingerprint density at radius 1 is 1.24 bits per heavy atom. The van der Waals surface area contributed by atoms with Crippen LogP contribution in [0.4, 0.5) is 0 Å². The minimum absolute atomic E-state index is 0.0786. The fourth-order valence-corrected chi connectivity index (χ4v) is 1.46.